The normalized spacial score (nSPS) is 32.9. The minimum atomic E-state index is -3.99. The number of aromatic nitrogens is 1. The third kappa shape index (κ3) is 3.54. The van der Waals surface area contributed by atoms with Gasteiger partial charge in [0, 0.05) is 22.6 Å². The molecule has 1 aromatic carbocycles. The number of ether oxygens (including phenoxy) is 1. The van der Waals surface area contributed by atoms with Crippen molar-refractivity contribution in [1.29, 1.82) is 0 Å². The molecule has 1 aromatic heterocycles. The Morgan fingerprint density at radius 2 is 2.06 bits per heavy atom. The number of carbonyl (C=O) groups is 2. The van der Waals surface area contributed by atoms with Crippen LogP contribution in [0.3, 0.4) is 0 Å². The van der Waals surface area contributed by atoms with Gasteiger partial charge in [-0.1, -0.05) is 26.8 Å². The van der Waals surface area contributed by atoms with Gasteiger partial charge in [-0.3, -0.25) is 9.52 Å². The number of hydrogen-bond donors (Lipinski definition) is 2. The number of hydrogen-bond acceptors (Lipinski definition) is 7. The Balaban J connectivity index is 1.45. The third-order valence-electron chi connectivity index (χ3n) is 7.77. The number of fused-ring (bicyclic) bond motifs is 4. The van der Waals surface area contributed by atoms with Gasteiger partial charge < -0.3 is 9.84 Å². The summed E-state index contributed by atoms with van der Waals surface area (Å²) in [5, 5.41) is 9.44. The van der Waals surface area contributed by atoms with E-state index < -0.39 is 16.0 Å². The number of nitrogens with zero attached hydrogens (tertiary/aromatic N) is 1. The van der Waals surface area contributed by atoms with E-state index in [1.54, 1.807) is 0 Å². The van der Waals surface area contributed by atoms with E-state index in [1.165, 1.54) is 29.5 Å². The van der Waals surface area contributed by atoms with Crippen molar-refractivity contribution in [2.75, 3.05) is 4.72 Å². The first-order valence-corrected chi connectivity index (χ1v) is 13.4. The summed E-state index contributed by atoms with van der Waals surface area (Å²) in [5.41, 5.74) is 0.712. The lowest BCUT2D eigenvalue weighted by Gasteiger charge is -2.51. The van der Waals surface area contributed by atoms with Gasteiger partial charge >= 0.3 is 11.9 Å². The number of carboxylic acids is 1. The largest absolute Gasteiger partial charge is 0.478 e. The summed E-state index contributed by atoms with van der Waals surface area (Å²) in [5.74, 6) is -1.03. The molecule has 3 aliphatic rings. The lowest BCUT2D eigenvalue weighted by molar-refractivity contribution is -0.149. The van der Waals surface area contributed by atoms with Gasteiger partial charge in [-0.15, -0.1) is 11.3 Å². The summed E-state index contributed by atoms with van der Waals surface area (Å²) < 4.78 is 34.2. The molecule has 0 radical (unpaired) electrons. The molecule has 33 heavy (non-hydrogen) atoms. The molecule has 8 nitrogen and oxygen atoms in total. The fourth-order valence-electron chi connectivity index (χ4n) is 6.09. The molecule has 176 valence electrons. The highest BCUT2D eigenvalue weighted by atomic mass is 32.2. The van der Waals surface area contributed by atoms with Crippen LogP contribution in [0.25, 0.3) is 0 Å². The average Bonchev–Trinajstić information content (AvgIpc) is 3.27. The first-order valence-electron chi connectivity index (χ1n) is 11.1. The predicted molar refractivity (Wildman–Crippen MR) is 122 cm³/mol. The number of carboxylic acid groups (broad SMARTS) is 1. The zero-order valence-electron chi connectivity index (χ0n) is 18.6. The molecule has 2 fully saturated rings. The summed E-state index contributed by atoms with van der Waals surface area (Å²) in [6, 6.07) is 5.23. The zero-order valence-corrected chi connectivity index (χ0v) is 20.2. The minimum Gasteiger partial charge on any atom is -0.478 e. The highest BCUT2D eigenvalue weighted by Crippen LogP contribution is 2.59. The fourth-order valence-corrected chi connectivity index (χ4v) is 8.64. The first kappa shape index (κ1) is 22.3. The van der Waals surface area contributed by atoms with E-state index in [4.69, 9.17) is 4.74 Å². The van der Waals surface area contributed by atoms with Crippen LogP contribution in [0.1, 0.15) is 60.5 Å². The van der Waals surface area contributed by atoms with Gasteiger partial charge in [-0.25, -0.2) is 18.2 Å². The number of anilines is 1. The summed E-state index contributed by atoms with van der Waals surface area (Å²) >= 11 is 1.33. The second-order valence-corrected chi connectivity index (χ2v) is 12.6. The quantitative estimate of drug-likeness (QED) is 0.623. The number of benzene rings is 1. The van der Waals surface area contributed by atoms with E-state index in [2.05, 4.69) is 23.6 Å². The summed E-state index contributed by atoms with van der Waals surface area (Å²) in [6.07, 6.45) is 2.57. The van der Waals surface area contributed by atoms with E-state index in [-0.39, 0.29) is 56.8 Å². The molecule has 5 rings (SSSR count). The molecule has 1 saturated carbocycles. The SMILES string of the molecule is C[C@@H]1C(=O)O[C@H]2[C@H]1CC[C@]1(C)Cc3sc(NS(=O)(=O)c4cccc(C(=O)O)c4)nc3[C@@H](C)[C@H]21. The highest BCUT2D eigenvalue weighted by molar-refractivity contribution is 7.93. The van der Waals surface area contributed by atoms with Crippen molar-refractivity contribution < 1.29 is 27.9 Å². The lowest BCUT2D eigenvalue weighted by atomic mass is 9.54. The minimum absolute atomic E-state index is 0.0227. The van der Waals surface area contributed by atoms with Crippen molar-refractivity contribution in [2.45, 2.75) is 57.0 Å². The van der Waals surface area contributed by atoms with E-state index in [0.29, 0.717) is 0 Å². The molecular weight excluding hydrogens is 464 g/mol. The molecule has 6 atom stereocenters. The Bertz CT molecular complexity index is 1260. The topological polar surface area (TPSA) is 123 Å². The van der Waals surface area contributed by atoms with Crippen LogP contribution in [0.2, 0.25) is 0 Å². The molecule has 0 unspecified atom stereocenters. The fraction of sp³-hybridized carbons (Fsp3) is 0.522. The molecule has 2 N–H and O–H groups in total. The molecule has 2 aliphatic carbocycles. The Kier molecular flexibility index (Phi) is 5.09. The van der Waals surface area contributed by atoms with E-state index >= 15 is 0 Å². The molecule has 1 aliphatic heterocycles. The van der Waals surface area contributed by atoms with Gasteiger partial charge in [0.15, 0.2) is 5.13 Å². The molecule has 0 spiro atoms. The van der Waals surface area contributed by atoms with Crippen LogP contribution in [0.4, 0.5) is 5.13 Å². The second kappa shape index (κ2) is 7.53. The van der Waals surface area contributed by atoms with Crippen LogP contribution in [0.15, 0.2) is 29.2 Å². The van der Waals surface area contributed by atoms with Crippen molar-refractivity contribution in [3.8, 4) is 0 Å². The Morgan fingerprint density at radius 3 is 2.79 bits per heavy atom. The van der Waals surface area contributed by atoms with E-state index in [9.17, 15) is 23.1 Å². The molecule has 0 bridgehead atoms. The van der Waals surface area contributed by atoms with Gasteiger partial charge in [0.25, 0.3) is 10.0 Å². The lowest BCUT2D eigenvalue weighted by Crippen LogP contribution is -2.50. The molecular formula is C23H26N2O6S2. The van der Waals surface area contributed by atoms with Crippen molar-refractivity contribution in [2.24, 2.45) is 23.2 Å². The molecule has 1 saturated heterocycles. The van der Waals surface area contributed by atoms with Crippen LogP contribution in [0.5, 0.6) is 0 Å². The number of esters is 1. The Morgan fingerprint density at radius 1 is 1.30 bits per heavy atom. The molecule has 2 aromatic rings. The number of nitrogens with one attached hydrogen (secondary N) is 1. The number of aromatic carboxylic acids is 1. The van der Waals surface area contributed by atoms with Crippen LogP contribution in [0, 0.1) is 23.2 Å². The first-order chi connectivity index (χ1) is 15.5. The van der Waals surface area contributed by atoms with Crippen molar-refractivity contribution in [1.82, 2.24) is 4.98 Å². The van der Waals surface area contributed by atoms with Crippen molar-refractivity contribution >= 4 is 38.4 Å². The molecule has 10 heteroatoms. The number of thiazole rings is 1. The maximum atomic E-state index is 12.9. The predicted octanol–water partition coefficient (Wildman–Crippen LogP) is 3.90. The Hall–Kier alpha value is -2.46. The van der Waals surface area contributed by atoms with Gasteiger partial charge in [-0.2, -0.15) is 0 Å². The van der Waals surface area contributed by atoms with Crippen LogP contribution < -0.4 is 4.72 Å². The van der Waals surface area contributed by atoms with Gasteiger partial charge in [-0.05, 0) is 42.9 Å². The van der Waals surface area contributed by atoms with Gasteiger partial charge in [0.1, 0.15) is 6.10 Å². The smallest absolute Gasteiger partial charge is 0.335 e. The van der Waals surface area contributed by atoms with E-state index in [1.807, 2.05) is 6.92 Å². The highest BCUT2D eigenvalue weighted by Gasteiger charge is 2.58. The maximum absolute atomic E-state index is 12.9. The summed E-state index contributed by atoms with van der Waals surface area (Å²) in [7, 11) is -3.99. The number of carbonyl (C=O) groups excluding carboxylic acids is 1. The number of sulfonamides is 1. The van der Waals surface area contributed by atoms with Crippen LogP contribution in [-0.2, 0) is 26.0 Å². The van der Waals surface area contributed by atoms with Gasteiger partial charge in [0.05, 0.1) is 22.1 Å². The number of rotatable bonds is 4. The second-order valence-electron chi connectivity index (χ2n) is 9.80. The summed E-state index contributed by atoms with van der Waals surface area (Å²) in [4.78, 5) is 29.1. The van der Waals surface area contributed by atoms with Crippen LogP contribution in [-0.4, -0.2) is 36.6 Å². The monoisotopic (exact) mass is 490 g/mol. The summed E-state index contributed by atoms with van der Waals surface area (Å²) in [6.45, 7) is 6.28. The Labute approximate surface area is 196 Å². The average molecular weight is 491 g/mol. The van der Waals surface area contributed by atoms with Crippen molar-refractivity contribution in [3.05, 3.63) is 40.4 Å². The van der Waals surface area contributed by atoms with Crippen molar-refractivity contribution in [3.63, 3.8) is 0 Å². The van der Waals surface area contributed by atoms with E-state index in [0.717, 1.165) is 35.9 Å². The zero-order chi connectivity index (χ0) is 23.7. The third-order valence-corrected chi connectivity index (χ3v) is 10.2. The molecule has 2 heterocycles. The van der Waals surface area contributed by atoms with Crippen LogP contribution >= 0.6 is 11.3 Å². The maximum Gasteiger partial charge on any atom is 0.335 e. The molecule has 0 amide bonds. The standard InChI is InChI=1S/C23H26N2O6S2/c1-11-15-7-8-23(3)10-16-18(12(2)17(23)19(15)31-21(11)28)24-22(32-16)25-33(29,30)14-6-4-5-13(9-14)20(26)27/h4-6,9,11-12,15,17,19H,7-8,10H2,1-3H3,(H,24,25)(H,26,27)/t11-,12-,15-,17+,19-,23+/m0/s1. The van der Waals surface area contributed by atoms with Gasteiger partial charge in [0.2, 0.25) is 0 Å².